The van der Waals surface area contributed by atoms with Crippen LogP contribution in [0.5, 0.6) is 0 Å². The fourth-order valence-electron chi connectivity index (χ4n) is 7.44. The average molecular weight is 831 g/mol. The molecule has 4 aromatic carbocycles. The minimum Gasteiger partial charge on any atom is -0.478 e. The molecule has 1 heterocycles. The van der Waals surface area contributed by atoms with Crippen molar-refractivity contribution < 1.29 is 23.1 Å². The first-order valence-corrected chi connectivity index (χ1v) is 22.3. The van der Waals surface area contributed by atoms with Gasteiger partial charge >= 0.3 is 5.97 Å². The molecule has 302 valence electrons. The summed E-state index contributed by atoms with van der Waals surface area (Å²) in [5.41, 5.74) is 6.02. The summed E-state index contributed by atoms with van der Waals surface area (Å²) in [5, 5.41) is 14.4. The minimum absolute atomic E-state index is 0.100. The Labute approximate surface area is 346 Å². The van der Waals surface area contributed by atoms with Gasteiger partial charge in [0.15, 0.2) is 0 Å². The Hall–Kier alpha value is -4.33. The lowest BCUT2D eigenvalue weighted by molar-refractivity contribution is 0.0697. The van der Waals surface area contributed by atoms with Crippen molar-refractivity contribution in [2.45, 2.75) is 54.9 Å². The summed E-state index contributed by atoms with van der Waals surface area (Å²) in [6, 6.07) is 27.5. The number of nitrogens with zero attached hydrogens (tertiary/aromatic N) is 3. The predicted molar refractivity (Wildman–Crippen MR) is 232 cm³/mol. The SMILES string of the molecule is Cc1cc(S(=O)(=O)NC(=O)c2ccc(N3CCN(CC4=C(c5ccc(Cl)cc5)CCCC4)CC3)cc2)cc(C(=O)O)c1N[C@H](CCN(C)C)CSc1ccccc1. The quantitative estimate of drug-likeness (QED) is 0.0955. The Bertz CT molecular complexity index is 2160. The van der Waals surface area contributed by atoms with E-state index in [1.54, 1.807) is 30.8 Å². The largest absolute Gasteiger partial charge is 0.478 e. The number of sulfonamides is 1. The number of amides is 1. The first-order valence-electron chi connectivity index (χ1n) is 19.4. The highest BCUT2D eigenvalue weighted by atomic mass is 35.5. The van der Waals surface area contributed by atoms with Crippen LogP contribution in [0, 0.1) is 6.92 Å². The molecule has 13 heteroatoms. The minimum atomic E-state index is -4.40. The molecule has 0 saturated carbocycles. The molecule has 2 aliphatic rings. The van der Waals surface area contributed by atoms with Crippen molar-refractivity contribution in [3.05, 3.63) is 124 Å². The molecule has 0 spiro atoms. The third kappa shape index (κ3) is 11.4. The maximum Gasteiger partial charge on any atom is 0.337 e. The van der Waals surface area contributed by atoms with Crippen LogP contribution in [-0.2, 0) is 10.0 Å². The van der Waals surface area contributed by atoms with Crippen molar-refractivity contribution in [1.82, 2.24) is 14.5 Å². The number of carbonyl (C=O) groups is 2. The molecule has 57 heavy (non-hydrogen) atoms. The molecule has 1 saturated heterocycles. The molecule has 1 atom stereocenters. The van der Waals surface area contributed by atoms with Gasteiger partial charge in [-0.05, 0) is 137 Å². The zero-order chi connectivity index (χ0) is 40.5. The van der Waals surface area contributed by atoms with Crippen LogP contribution < -0.4 is 14.9 Å². The number of carbonyl (C=O) groups excluding carboxylic acids is 1. The number of benzene rings is 4. The number of carboxylic acids is 1. The van der Waals surface area contributed by atoms with Crippen molar-refractivity contribution >= 4 is 62.2 Å². The molecule has 1 aliphatic heterocycles. The highest BCUT2D eigenvalue weighted by Crippen LogP contribution is 2.34. The topological polar surface area (TPSA) is 122 Å². The first-order chi connectivity index (χ1) is 27.4. The van der Waals surface area contributed by atoms with Crippen LogP contribution >= 0.6 is 23.4 Å². The molecule has 1 aliphatic carbocycles. The van der Waals surface area contributed by atoms with Gasteiger partial charge < -0.3 is 20.2 Å². The van der Waals surface area contributed by atoms with Crippen molar-refractivity contribution in [3.63, 3.8) is 0 Å². The zero-order valence-corrected chi connectivity index (χ0v) is 35.2. The predicted octanol–water partition coefficient (Wildman–Crippen LogP) is 8.14. The number of anilines is 2. The molecular weight excluding hydrogens is 778 g/mol. The summed E-state index contributed by atoms with van der Waals surface area (Å²) in [5.74, 6) is -1.38. The van der Waals surface area contributed by atoms with E-state index in [2.05, 4.69) is 36.9 Å². The van der Waals surface area contributed by atoms with Crippen molar-refractivity contribution in [3.8, 4) is 0 Å². The van der Waals surface area contributed by atoms with E-state index in [4.69, 9.17) is 11.6 Å². The fourth-order valence-corrected chi connectivity index (χ4v) is 9.64. The van der Waals surface area contributed by atoms with Gasteiger partial charge in [0.2, 0.25) is 0 Å². The number of nitrogens with one attached hydrogen (secondary N) is 2. The Balaban J connectivity index is 1.08. The number of aryl methyl sites for hydroxylation is 1. The Morgan fingerprint density at radius 3 is 2.26 bits per heavy atom. The zero-order valence-electron chi connectivity index (χ0n) is 32.8. The second-order valence-electron chi connectivity index (χ2n) is 15.1. The molecule has 4 aromatic rings. The van der Waals surface area contributed by atoms with Crippen molar-refractivity contribution in [1.29, 1.82) is 0 Å². The molecule has 1 fully saturated rings. The molecule has 0 radical (unpaired) electrons. The third-order valence-corrected chi connectivity index (χ3v) is 13.3. The molecule has 6 rings (SSSR count). The lowest BCUT2D eigenvalue weighted by Gasteiger charge is -2.37. The summed E-state index contributed by atoms with van der Waals surface area (Å²) in [7, 11) is -0.436. The number of aromatic carboxylic acids is 1. The summed E-state index contributed by atoms with van der Waals surface area (Å²) in [6.07, 6.45) is 5.37. The second kappa shape index (κ2) is 19.4. The van der Waals surface area contributed by atoms with Gasteiger partial charge in [-0.2, -0.15) is 0 Å². The van der Waals surface area contributed by atoms with Crippen molar-refractivity contribution in [2.75, 3.05) is 69.3 Å². The van der Waals surface area contributed by atoms with Crippen LogP contribution in [0.2, 0.25) is 5.02 Å². The van der Waals surface area contributed by atoms with E-state index in [-0.39, 0.29) is 22.1 Å². The van der Waals surface area contributed by atoms with E-state index >= 15 is 0 Å². The van der Waals surface area contributed by atoms with E-state index in [1.807, 2.05) is 68.7 Å². The van der Waals surface area contributed by atoms with Gasteiger partial charge in [0, 0.05) is 65.7 Å². The van der Waals surface area contributed by atoms with Crippen LogP contribution in [0.15, 0.2) is 106 Å². The first kappa shape index (κ1) is 42.3. The van der Waals surface area contributed by atoms with Gasteiger partial charge in [0.25, 0.3) is 15.9 Å². The Kier molecular flexibility index (Phi) is 14.4. The summed E-state index contributed by atoms with van der Waals surface area (Å²) >= 11 is 7.82. The molecule has 0 unspecified atom stereocenters. The van der Waals surface area contributed by atoms with E-state index < -0.39 is 21.9 Å². The number of halogens is 1. The van der Waals surface area contributed by atoms with Crippen LogP contribution in [0.4, 0.5) is 11.4 Å². The van der Waals surface area contributed by atoms with E-state index in [9.17, 15) is 23.1 Å². The number of hydrogen-bond acceptors (Lipinski definition) is 9. The van der Waals surface area contributed by atoms with E-state index in [1.165, 1.54) is 35.6 Å². The van der Waals surface area contributed by atoms with Crippen molar-refractivity contribution in [2.24, 2.45) is 0 Å². The normalized spacial score (nSPS) is 15.8. The summed E-state index contributed by atoms with van der Waals surface area (Å²) in [4.78, 5) is 33.5. The maximum atomic E-state index is 13.5. The molecule has 3 N–H and O–H groups in total. The highest BCUT2D eigenvalue weighted by Gasteiger charge is 2.26. The lowest BCUT2D eigenvalue weighted by atomic mass is 9.87. The van der Waals surface area contributed by atoms with Crippen LogP contribution in [0.3, 0.4) is 0 Å². The van der Waals surface area contributed by atoms with Crippen LogP contribution in [-0.4, -0.2) is 100 Å². The standard InChI is InChI=1S/C44H52ClN5O5S2/c1-31-27-39(28-41(44(52)53)42(31)46-36(21-22-48(2)3)30-56-38-10-5-4-6-11-38)57(54,55)47-43(51)33-15-19-37(20-16-33)50-25-23-49(24-26-50)29-34-9-7-8-12-40(34)32-13-17-35(45)18-14-32/h4-6,10-11,13-20,27-28,36,46H,7-9,12,21-26,29-30H2,1-3H3,(H,47,51)(H,52,53)/t36-/m1/s1. The van der Waals surface area contributed by atoms with Gasteiger partial charge in [-0.1, -0.05) is 47.5 Å². The smallest absolute Gasteiger partial charge is 0.337 e. The van der Waals surface area contributed by atoms with Gasteiger partial charge in [0.05, 0.1) is 16.1 Å². The Morgan fingerprint density at radius 2 is 1.60 bits per heavy atom. The number of rotatable bonds is 16. The van der Waals surface area contributed by atoms with Gasteiger partial charge in [-0.25, -0.2) is 17.9 Å². The molecule has 0 bridgehead atoms. The van der Waals surface area contributed by atoms with Gasteiger partial charge in [0.1, 0.15) is 0 Å². The monoisotopic (exact) mass is 829 g/mol. The molecule has 1 amide bonds. The fraction of sp³-hybridized carbons (Fsp3) is 0.364. The highest BCUT2D eigenvalue weighted by molar-refractivity contribution is 7.99. The van der Waals surface area contributed by atoms with E-state index in [0.717, 1.165) is 80.2 Å². The Morgan fingerprint density at radius 1 is 0.912 bits per heavy atom. The lowest BCUT2D eigenvalue weighted by Crippen LogP contribution is -2.47. The molecule has 0 aromatic heterocycles. The number of carboxylic acid groups (broad SMARTS) is 1. The second-order valence-corrected chi connectivity index (χ2v) is 18.3. The van der Waals surface area contributed by atoms with Crippen LogP contribution in [0.1, 0.15) is 63.9 Å². The number of allylic oxidation sites excluding steroid dienone is 1. The molecule has 10 nitrogen and oxygen atoms in total. The van der Waals surface area contributed by atoms with E-state index in [0.29, 0.717) is 17.0 Å². The van der Waals surface area contributed by atoms with Gasteiger partial charge in [-0.15, -0.1) is 11.8 Å². The van der Waals surface area contributed by atoms with Crippen LogP contribution in [0.25, 0.3) is 5.57 Å². The summed E-state index contributed by atoms with van der Waals surface area (Å²) < 4.78 is 29.2. The third-order valence-electron chi connectivity index (χ3n) is 10.6. The molecular formula is C44H52ClN5O5S2. The summed E-state index contributed by atoms with van der Waals surface area (Å²) in [6.45, 7) is 6.89. The maximum absolute atomic E-state index is 13.5. The number of thioether (sulfide) groups is 1. The number of piperazine rings is 1. The van der Waals surface area contributed by atoms with Gasteiger partial charge in [-0.3, -0.25) is 9.69 Å². The number of hydrogen-bond donors (Lipinski definition) is 3. The average Bonchev–Trinajstić information content (AvgIpc) is 3.20.